The minimum Gasteiger partial charge on any atom is -0.454 e. The van der Waals surface area contributed by atoms with Crippen molar-refractivity contribution in [3.8, 4) is 11.5 Å². The van der Waals surface area contributed by atoms with Crippen molar-refractivity contribution < 1.29 is 19.0 Å². The number of hydrogen-bond donors (Lipinski definition) is 1. The molecule has 5 rings (SSSR count). The van der Waals surface area contributed by atoms with Crippen LogP contribution in [0.25, 0.3) is 5.65 Å². The lowest BCUT2D eigenvalue weighted by Gasteiger charge is -2.26. The summed E-state index contributed by atoms with van der Waals surface area (Å²) in [5.74, 6) is 2.98. The van der Waals surface area contributed by atoms with Crippen molar-refractivity contribution in [1.82, 2.24) is 24.7 Å². The zero-order valence-electron chi connectivity index (χ0n) is 16.4. The van der Waals surface area contributed by atoms with Gasteiger partial charge >= 0.3 is 0 Å². The fraction of sp³-hybridized carbons (Fsp3) is 0.400. The second-order valence-corrected chi connectivity index (χ2v) is 7.14. The van der Waals surface area contributed by atoms with Crippen molar-refractivity contribution in [2.75, 3.05) is 38.4 Å². The van der Waals surface area contributed by atoms with Gasteiger partial charge in [0, 0.05) is 32.5 Å². The lowest BCUT2D eigenvalue weighted by Crippen LogP contribution is -2.40. The number of hydrogen-bond acceptors (Lipinski definition) is 8. The first-order valence-corrected chi connectivity index (χ1v) is 9.95. The zero-order chi connectivity index (χ0) is 20.3. The van der Waals surface area contributed by atoms with E-state index in [9.17, 15) is 4.79 Å². The third kappa shape index (κ3) is 3.86. The molecule has 10 nitrogen and oxygen atoms in total. The van der Waals surface area contributed by atoms with Gasteiger partial charge < -0.3 is 24.4 Å². The van der Waals surface area contributed by atoms with E-state index in [0.29, 0.717) is 63.0 Å². The summed E-state index contributed by atoms with van der Waals surface area (Å²) in [6.07, 6.45) is 0.854. The van der Waals surface area contributed by atoms with E-state index < -0.39 is 0 Å². The average molecular weight is 410 g/mol. The first-order valence-electron chi connectivity index (χ1n) is 9.95. The lowest BCUT2D eigenvalue weighted by atomic mass is 10.2. The molecular weight excluding hydrogens is 388 g/mol. The van der Waals surface area contributed by atoms with Gasteiger partial charge in [0.2, 0.25) is 12.7 Å². The van der Waals surface area contributed by atoms with Crippen molar-refractivity contribution in [2.45, 2.75) is 19.4 Å². The molecule has 30 heavy (non-hydrogen) atoms. The van der Waals surface area contributed by atoms with Crippen molar-refractivity contribution in [1.29, 1.82) is 0 Å². The zero-order valence-corrected chi connectivity index (χ0v) is 16.4. The Kier molecular flexibility index (Phi) is 5.06. The molecule has 0 spiro atoms. The summed E-state index contributed by atoms with van der Waals surface area (Å²) in [4.78, 5) is 14.2. The molecule has 0 unspecified atom stereocenters. The van der Waals surface area contributed by atoms with E-state index in [1.54, 1.807) is 4.52 Å². The number of nitrogens with zero attached hydrogens (tertiary/aromatic N) is 5. The highest BCUT2D eigenvalue weighted by molar-refractivity contribution is 5.76. The number of carbonyl (C=O) groups excluding carboxylic acids is 1. The van der Waals surface area contributed by atoms with Gasteiger partial charge in [0.25, 0.3) is 0 Å². The maximum absolute atomic E-state index is 12.4. The topological polar surface area (TPSA) is 103 Å². The summed E-state index contributed by atoms with van der Waals surface area (Å²) in [7, 11) is 0. The van der Waals surface area contributed by atoms with Gasteiger partial charge in [0.05, 0.1) is 13.2 Å². The van der Waals surface area contributed by atoms with Crippen molar-refractivity contribution in [2.24, 2.45) is 0 Å². The van der Waals surface area contributed by atoms with Crippen LogP contribution in [-0.2, 0) is 22.5 Å². The van der Waals surface area contributed by atoms with E-state index in [2.05, 4.69) is 20.6 Å². The van der Waals surface area contributed by atoms with Gasteiger partial charge in [-0.1, -0.05) is 6.07 Å². The maximum atomic E-state index is 12.4. The highest BCUT2D eigenvalue weighted by atomic mass is 16.7. The van der Waals surface area contributed by atoms with Crippen molar-refractivity contribution >= 4 is 17.4 Å². The Morgan fingerprint density at radius 3 is 2.83 bits per heavy atom. The molecule has 2 aliphatic rings. The Hall–Kier alpha value is -3.40. The summed E-state index contributed by atoms with van der Waals surface area (Å²) in [6.45, 7) is 3.33. The molecule has 4 heterocycles. The molecule has 10 heteroatoms. The van der Waals surface area contributed by atoms with Crippen LogP contribution in [0.5, 0.6) is 11.5 Å². The molecule has 1 N–H and O–H groups in total. The first-order chi connectivity index (χ1) is 14.8. The summed E-state index contributed by atoms with van der Waals surface area (Å²) in [6, 6.07) is 9.56. The number of morpholine rings is 1. The van der Waals surface area contributed by atoms with E-state index in [-0.39, 0.29) is 12.7 Å². The van der Waals surface area contributed by atoms with Crippen LogP contribution in [-0.4, -0.2) is 63.7 Å². The Morgan fingerprint density at radius 1 is 1.07 bits per heavy atom. The minimum atomic E-state index is 0.104. The quantitative estimate of drug-likeness (QED) is 0.648. The molecule has 1 aromatic carbocycles. The van der Waals surface area contributed by atoms with Gasteiger partial charge in [-0.05, 0) is 29.8 Å². The number of aryl methyl sites for hydroxylation is 1. The van der Waals surface area contributed by atoms with E-state index in [4.69, 9.17) is 14.2 Å². The summed E-state index contributed by atoms with van der Waals surface area (Å²) in [5.41, 5.74) is 1.71. The van der Waals surface area contributed by atoms with E-state index in [1.807, 2.05) is 35.2 Å². The van der Waals surface area contributed by atoms with Gasteiger partial charge in [-0.15, -0.1) is 15.3 Å². The molecule has 2 aliphatic heterocycles. The molecule has 2 aromatic heterocycles. The molecule has 3 aromatic rings. The third-order valence-corrected chi connectivity index (χ3v) is 5.16. The number of carbonyl (C=O) groups is 1. The molecule has 1 saturated heterocycles. The van der Waals surface area contributed by atoms with E-state index >= 15 is 0 Å². The number of rotatable bonds is 6. The van der Waals surface area contributed by atoms with Gasteiger partial charge in [0.1, 0.15) is 5.82 Å². The van der Waals surface area contributed by atoms with Gasteiger partial charge in [-0.3, -0.25) is 4.79 Å². The van der Waals surface area contributed by atoms with Crippen LogP contribution in [0.3, 0.4) is 0 Å². The molecule has 0 bridgehead atoms. The highest BCUT2D eigenvalue weighted by Crippen LogP contribution is 2.32. The Bertz CT molecular complexity index is 1060. The molecule has 0 aliphatic carbocycles. The van der Waals surface area contributed by atoms with Gasteiger partial charge in [-0.2, -0.15) is 4.52 Å². The van der Waals surface area contributed by atoms with E-state index in [1.165, 1.54) is 0 Å². The van der Waals surface area contributed by atoms with E-state index in [0.717, 1.165) is 17.1 Å². The third-order valence-electron chi connectivity index (χ3n) is 5.16. The molecule has 156 valence electrons. The van der Waals surface area contributed by atoms with Crippen molar-refractivity contribution in [3.05, 3.63) is 41.7 Å². The van der Waals surface area contributed by atoms with Crippen LogP contribution in [0, 0.1) is 0 Å². The second-order valence-electron chi connectivity index (χ2n) is 7.14. The minimum absolute atomic E-state index is 0.104. The normalized spacial score (nSPS) is 15.5. The molecule has 0 radical (unpaired) electrons. The molecule has 1 amide bonds. The predicted octanol–water partition coefficient (Wildman–Crippen LogP) is 1.26. The summed E-state index contributed by atoms with van der Waals surface area (Å²) >= 11 is 0. The summed E-state index contributed by atoms with van der Waals surface area (Å²) < 4.78 is 17.7. The predicted molar refractivity (Wildman–Crippen MR) is 106 cm³/mol. The number of aromatic nitrogens is 4. The fourth-order valence-electron chi connectivity index (χ4n) is 3.52. The van der Waals surface area contributed by atoms with Crippen LogP contribution in [0.15, 0.2) is 30.3 Å². The van der Waals surface area contributed by atoms with Crippen LogP contribution in [0.4, 0.5) is 5.82 Å². The molecule has 0 saturated carbocycles. The standard InChI is InChI=1S/C20H22N6O4/c27-20(25-7-9-28-10-8-25)6-5-19-23-22-18-4-3-17(24-26(18)19)21-12-14-1-2-15-16(11-14)30-13-29-15/h1-4,11H,5-10,12-13H2,(H,21,24). The maximum Gasteiger partial charge on any atom is 0.231 e. The second kappa shape index (κ2) is 8.15. The Balaban J connectivity index is 1.24. The largest absolute Gasteiger partial charge is 0.454 e. The number of amides is 1. The Morgan fingerprint density at radius 2 is 1.93 bits per heavy atom. The van der Waals surface area contributed by atoms with Crippen LogP contribution >= 0.6 is 0 Å². The molecule has 0 atom stereocenters. The Labute approximate surface area is 172 Å². The van der Waals surface area contributed by atoms with Crippen LogP contribution < -0.4 is 14.8 Å². The summed E-state index contributed by atoms with van der Waals surface area (Å²) in [5, 5.41) is 16.3. The molecule has 1 fully saturated rings. The number of nitrogens with one attached hydrogen (secondary N) is 1. The fourth-order valence-corrected chi connectivity index (χ4v) is 3.52. The SMILES string of the molecule is O=C(CCc1nnc2ccc(NCc3ccc4c(c3)OCO4)nn12)N1CCOCC1. The first kappa shape index (κ1) is 18.6. The molecular formula is C20H22N6O4. The number of benzene rings is 1. The van der Waals surface area contributed by atoms with Crippen molar-refractivity contribution in [3.63, 3.8) is 0 Å². The highest BCUT2D eigenvalue weighted by Gasteiger charge is 2.18. The van der Waals surface area contributed by atoms with Gasteiger partial charge in [0.15, 0.2) is 23.0 Å². The van der Waals surface area contributed by atoms with Crippen LogP contribution in [0.1, 0.15) is 17.8 Å². The van der Waals surface area contributed by atoms with Crippen LogP contribution in [0.2, 0.25) is 0 Å². The lowest BCUT2D eigenvalue weighted by molar-refractivity contribution is -0.135. The van der Waals surface area contributed by atoms with Gasteiger partial charge in [-0.25, -0.2) is 0 Å². The number of ether oxygens (including phenoxy) is 3. The number of anilines is 1. The smallest absolute Gasteiger partial charge is 0.231 e. The monoisotopic (exact) mass is 410 g/mol. The average Bonchev–Trinajstić information content (AvgIpc) is 3.42. The number of fused-ring (bicyclic) bond motifs is 2.